The molecule has 1 aromatic rings. The molecule has 0 spiro atoms. The van der Waals surface area contributed by atoms with E-state index in [2.05, 4.69) is 5.43 Å². The second-order valence-electron chi connectivity index (χ2n) is 4.94. The minimum absolute atomic E-state index is 0.133. The predicted octanol–water partition coefficient (Wildman–Crippen LogP) is 1.01. The molecular weight excluding hydrogens is 286 g/mol. The number of carbonyl (C=O) groups is 1. The quantitative estimate of drug-likeness (QED) is 0.216. The number of rotatable bonds is 8. The third-order valence-corrected chi connectivity index (χ3v) is 3.09. The molecule has 1 saturated carbocycles. The second kappa shape index (κ2) is 7.56. The number of hydrazine groups is 1. The maximum atomic E-state index is 11.6. The average Bonchev–Trinajstić information content (AvgIpc) is 3.31. The Kier molecular flexibility index (Phi) is 5.48. The third-order valence-electron chi connectivity index (χ3n) is 3.09. The Morgan fingerprint density at radius 1 is 1.36 bits per heavy atom. The molecule has 0 amide bonds. The van der Waals surface area contributed by atoms with Crippen LogP contribution in [0, 0.1) is 5.92 Å². The molecule has 0 bridgehead atoms. The summed E-state index contributed by atoms with van der Waals surface area (Å²) in [6.07, 6.45) is 2.44. The van der Waals surface area contributed by atoms with Crippen LogP contribution >= 0.6 is 0 Å². The fourth-order valence-corrected chi connectivity index (χ4v) is 1.74. The van der Waals surface area contributed by atoms with E-state index < -0.39 is 5.97 Å². The second-order valence-corrected chi connectivity index (χ2v) is 4.94. The Morgan fingerprint density at radius 2 is 2.09 bits per heavy atom. The van der Waals surface area contributed by atoms with Crippen LogP contribution in [0.4, 0.5) is 0 Å². The minimum Gasteiger partial charge on any atom is -0.493 e. The summed E-state index contributed by atoms with van der Waals surface area (Å²) < 4.78 is 15.9. The van der Waals surface area contributed by atoms with Crippen LogP contribution in [0.5, 0.6) is 11.5 Å². The van der Waals surface area contributed by atoms with Gasteiger partial charge in [0.15, 0.2) is 5.70 Å². The monoisotopic (exact) mass is 307 g/mol. The van der Waals surface area contributed by atoms with Crippen LogP contribution in [0.15, 0.2) is 35.8 Å². The number of esters is 1. The number of carbonyl (C=O) groups excluding carboxylic acids is 1. The first-order valence-electron chi connectivity index (χ1n) is 7.18. The molecule has 0 radical (unpaired) electrons. The van der Waals surface area contributed by atoms with E-state index in [9.17, 15) is 4.79 Å². The number of hydrogen-bond donors (Lipinski definition) is 3. The summed E-state index contributed by atoms with van der Waals surface area (Å²) in [5, 5.41) is 0. The molecule has 0 heterocycles. The van der Waals surface area contributed by atoms with Crippen molar-refractivity contribution < 1.29 is 19.0 Å². The van der Waals surface area contributed by atoms with Crippen LogP contribution < -0.4 is 26.5 Å². The lowest BCUT2D eigenvalue weighted by Crippen LogP contribution is -2.32. The lowest BCUT2D eigenvalue weighted by Gasteiger charge is -2.12. The van der Waals surface area contributed by atoms with E-state index in [-0.39, 0.29) is 18.2 Å². The molecule has 1 fully saturated rings. The first-order valence-corrected chi connectivity index (χ1v) is 7.18. The molecular formula is C15H21N3O4. The van der Waals surface area contributed by atoms with E-state index in [0.717, 1.165) is 0 Å². The summed E-state index contributed by atoms with van der Waals surface area (Å²) in [6.45, 7) is 2.60. The summed E-state index contributed by atoms with van der Waals surface area (Å²) in [6, 6.07) is 7.03. The van der Waals surface area contributed by atoms with Gasteiger partial charge in [0.25, 0.3) is 0 Å². The van der Waals surface area contributed by atoms with Gasteiger partial charge in [-0.2, -0.15) is 0 Å². The van der Waals surface area contributed by atoms with Crippen molar-refractivity contribution in [1.29, 1.82) is 0 Å². The Bertz CT molecular complexity index is 555. The summed E-state index contributed by atoms with van der Waals surface area (Å²) in [5.74, 6) is 6.24. The standard InChI is InChI=1S/C15H21N3O4/c1-2-20-15(19)13(18-17)14(16)22-12-5-3-4-11(8-12)21-9-10-6-7-10/h3-5,8,10,18H,2,6-7,9,16-17H2,1H3/b14-13+. The lowest BCUT2D eigenvalue weighted by molar-refractivity contribution is -0.139. The highest BCUT2D eigenvalue weighted by Crippen LogP contribution is 2.30. The van der Waals surface area contributed by atoms with Crippen molar-refractivity contribution in [3.05, 3.63) is 35.8 Å². The molecule has 1 aliphatic carbocycles. The van der Waals surface area contributed by atoms with Crippen molar-refractivity contribution in [1.82, 2.24) is 5.43 Å². The van der Waals surface area contributed by atoms with E-state index in [1.54, 1.807) is 25.1 Å². The Balaban J connectivity index is 2.03. The summed E-state index contributed by atoms with van der Waals surface area (Å²) in [7, 11) is 0. The van der Waals surface area contributed by atoms with Crippen LogP contribution in [-0.4, -0.2) is 19.2 Å². The van der Waals surface area contributed by atoms with Crippen molar-refractivity contribution in [2.45, 2.75) is 19.8 Å². The van der Waals surface area contributed by atoms with Gasteiger partial charge in [-0.25, -0.2) is 4.79 Å². The maximum Gasteiger partial charge on any atom is 0.361 e. The van der Waals surface area contributed by atoms with Crippen molar-refractivity contribution in [2.24, 2.45) is 17.5 Å². The molecule has 120 valence electrons. The van der Waals surface area contributed by atoms with Gasteiger partial charge in [0, 0.05) is 6.07 Å². The van der Waals surface area contributed by atoms with E-state index in [1.807, 2.05) is 6.07 Å². The molecule has 1 aromatic carbocycles. The largest absolute Gasteiger partial charge is 0.493 e. The van der Waals surface area contributed by atoms with Gasteiger partial charge < -0.3 is 25.4 Å². The van der Waals surface area contributed by atoms with Crippen LogP contribution in [0.2, 0.25) is 0 Å². The fourth-order valence-electron chi connectivity index (χ4n) is 1.74. The van der Waals surface area contributed by atoms with Crippen molar-refractivity contribution in [3.8, 4) is 11.5 Å². The molecule has 0 saturated heterocycles. The highest BCUT2D eigenvalue weighted by Gasteiger charge is 2.22. The first-order chi connectivity index (χ1) is 10.6. The van der Waals surface area contributed by atoms with Crippen LogP contribution in [0.3, 0.4) is 0 Å². The van der Waals surface area contributed by atoms with Crippen LogP contribution in [-0.2, 0) is 9.53 Å². The van der Waals surface area contributed by atoms with Gasteiger partial charge in [-0.1, -0.05) is 6.07 Å². The van der Waals surface area contributed by atoms with Crippen molar-refractivity contribution in [2.75, 3.05) is 13.2 Å². The van der Waals surface area contributed by atoms with E-state index in [4.69, 9.17) is 25.8 Å². The van der Waals surface area contributed by atoms with Gasteiger partial charge in [-0.05, 0) is 37.8 Å². The summed E-state index contributed by atoms with van der Waals surface area (Å²) >= 11 is 0. The van der Waals surface area contributed by atoms with E-state index >= 15 is 0 Å². The van der Waals surface area contributed by atoms with Gasteiger partial charge >= 0.3 is 5.97 Å². The Morgan fingerprint density at radius 3 is 2.73 bits per heavy atom. The molecule has 0 atom stereocenters. The Hall–Kier alpha value is -2.41. The molecule has 7 heteroatoms. The first kappa shape index (κ1) is 16.0. The summed E-state index contributed by atoms with van der Waals surface area (Å²) in [5.41, 5.74) is 7.81. The minimum atomic E-state index is -0.677. The van der Waals surface area contributed by atoms with Gasteiger partial charge in [0.2, 0.25) is 5.88 Å². The topological polar surface area (TPSA) is 109 Å². The van der Waals surface area contributed by atoms with Crippen molar-refractivity contribution >= 4 is 5.97 Å². The molecule has 1 aliphatic rings. The molecule has 7 nitrogen and oxygen atoms in total. The van der Waals surface area contributed by atoms with Gasteiger partial charge in [0.05, 0.1) is 13.2 Å². The maximum absolute atomic E-state index is 11.6. The Labute approximate surface area is 129 Å². The zero-order valence-corrected chi connectivity index (χ0v) is 12.5. The smallest absolute Gasteiger partial charge is 0.361 e. The molecule has 2 rings (SSSR count). The van der Waals surface area contributed by atoms with E-state index in [0.29, 0.717) is 24.0 Å². The highest BCUT2D eigenvalue weighted by molar-refractivity contribution is 5.88. The van der Waals surface area contributed by atoms with Crippen molar-refractivity contribution in [3.63, 3.8) is 0 Å². The zero-order chi connectivity index (χ0) is 15.9. The van der Waals surface area contributed by atoms with Crippen LogP contribution in [0.25, 0.3) is 0 Å². The molecule has 0 aliphatic heterocycles. The number of nitrogens with one attached hydrogen (secondary N) is 1. The number of ether oxygens (including phenoxy) is 3. The van der Waals surface area contributed by atoms with Crippen LogP contribution in [0.1, 0.15) is 19.8 Å². The fraction of sp³-hybridized carbons (Fsp3) is 0.400. The molecule has 0 aromatic heterocycles. The average molecular weight is 307 g/mol. The number of hydrogen-bond acceptors (Lipinski definition) is 7. The zero-order valence-electron chi connectivity index (χ0n) is 12.5. The number of benzene rings is 1. The van der Waals surface area contributed by atoms with Gasteiger partial charge in [-0.3, -0.25) is 5.84 Å². The van der Waals surface area contributed by atoms with Gasteiger partial charge in [-0.15, -0.1) is 0 Å². The molecule has 5 N–H and O–H groups in total. The molecule has 0 unspecified atom stereocenters. The molecule has 22 heavy (non-hydrogen) atoms. The third kappa shape index (κ3) is 4.56. The highest BCUT2D eigenvalue weighted by atomic mass is 16.5. The SMILES string of the molecule is CCOC(=O)/C(NN)=C(/N)Oc1cccc(OCC2CC2)c1. The normalized spacial score (nSPS) is 14.8. The van der Waals surface area contributed by atoms with E-state index in [1.165, 1.54) is 12.8 Å². The lowest BCUT2D eigenvalue weighted by atomic mass is 10.3. The summed E-state index contributed by atoms with van der Waals surface area (Å²) in [4.78, 5) is 11.6. The predicted molar refractivity (Wildman–Crippen MR) is 80.5 cm³/mol. The number of nitrogens with two attached hydrogens (primary N) is 2. The van der Waals surface area contributed by atoms with Gasteiger partial charge in [0.1, 0.15) is 11.5 Å².